The Labute approximate surface area is 121 Å². The summed E-state index contributed by atoms with van der Waals surface area (Å²) in [6, 6.07) is 7.68. The van der Waals surface area contributed by atoms with Crippen molar-refractivity contribution in [3.05, 3.63) is 65.0 Å². The van der Waals surface area contributed by atoms with E-state index in [4.69, 9.17) is 4.74 Å². The Morgan fingerprint density at radius 2 is 1.62 bits per heavy atom. The molecule has 0 spiro atoms. The lowest BCUT2D eigenvalue weighted by Crippen LogP contribution is -2.24. The topological polar surface area (TPSA) is 21.3 Å². The molecular weight excluding hydrogens is 279 g/mol. The molecule has 0 heterocycles. The third kappa shape index (κ3) is 3.03. The fourth-order valence-corrected chi connectivity index (χ4v) is 2.24. The summed E-state index contributed by atoms with van der Waals surface area (Å²) in [5.74, 6) is -2.47. The van der Waals surface area contributed by atoms with Crippen LogP contribution in [0.3, 0.4) is 0 Å². The average molecular weight is 295 g/mol. The molecule has 2 aromatic carbocycles. The average Bonchev–Trinajstić information content (AvgIpc) is 2.49. The largest absolute Gasteiger partial charge is 0.494 e. The Hall–Kier alpha value is -2.01. The van der Waals surface area contributed by atoms with Gasteiger partial charge in [-0.1, -0.05) is 31.2 Å². The minimum atomic E-state index is -0.981. The fourth-order valence-electron chi connectivity index (χ4n) is 2.24. The van der Waals surface area contributed by atoms with Crippen molar-refractivity contribution in [3.8, 4) is 5.75 Å². The summed E-state index contributed by atoms with van der Waals surface area (Å²) in [4.78, 5) is 0. The summed E-state index contributed by atoms with van der Waals surface area (Å²) in [6.45, 7) is 2.28. The number of benzene rings is 2. The molecule has 5 heteroatoms. The molecule has 1 N–H and O–H groups in total. The molecule has 0 aliphatic carbocycles. The maximum Gasteiger partial charge on any atom is 0.170 e. The number of rotatable bonds is 5. The van der Waals surface area contributed by atoms with Crippen molar-refractivity contribution in [3.63, 3.8) is 0 Å². The monoisotopic (exact) mass is 295 g/mol. The fraction of sp³-hybridized carbons (Fsp3) is 0.250. The van der Waals surface area contributed by atoms with Crippen molar-refractivity contribution in [2.24, 2.45) is 0 Å². The van der Waals surface area contributed by atoms with E-state index in [0.717, 1.165) is 6.07 Å². The summed E-state index contributed by atoms with van der Waals surface area (Å²) in [6.07, 6.45) is 0. The lowest BCUT2D eigenvalue weighted by Gasteiger charge is -2.21. The van der Waals surface area contributed by atoms with E-state index in [0.29, 0.717) is 6.54 Å². The van der Waals surface area contributed by atoms with Gasteiger partial charge in [-0.15, -0.1) is 0 Å². The van der Waals surface area contributed by atoms with E-state index >= 15 is 0 Å². The molecule has 0 aromatic heterocycles. The van der Waals surface area contributed by atoms with Crippen LogP contribution >= 0.6 is 0 Å². The summed E-state index contributed by atoms with van der Waals surface area (Å²) in [5.41, 5.74) is 0.268. The Balaban J connectivity index is 2.56. The molecule has 2 rings (SSSR count). The van der Waals surface area contributed by atoms with E-state index in [-0.39, 0.29) is 16.9 Å². The normalized spacial score (nSPS) is 12.2. The smallest absolute Gasteiger partial charge is 0.170 e. The van der Waals surface area contributed by atoms with Gasteiger partial charge < -0.3 is 10.1 Å². The highest BCUT2D eigenvalue weighted by Gasteiger charge is 2.23. The van der Waals surface area contributed by atoms with Crippen molar-refractivity contribution in [1.29, 1.82) is 0 Å². The zero-order valence-corrected chi connectivity index (χ0v) is 11.8. The predicted octanol–water partition coefficient (Wildman–Crippen LogP) is 3.81. The molecule has 0 radical (unpaired) electrons. The molecule has 1 atom stereocenters. The van der Waals surface area contributed by atoms with Crippen LogP contribution in [0.2, 0.25) is 0 Å². The van der Waals surface area contributed by atoms with E-state index in [1.165, 1.54) is 31.4 Å². The molecule has 0 aliphatic heterocycles. The van der Waals surface area contributed by atoms with Crippen LogP contribution in [-0.4, -0.2) is 13.7 Å². The van der Waals surface area contributed by atoms with Gasteiger partial charge in [-0.2, -0.15) is 0 Å². The quantitative estimate of drug-likeness (QED) is 0.905. The maximum absolute atomic E-state index is 14.4. The molecule has 0 saturated heterocycles. The number of methoxy groups -OCH3 is 1. The lowest BCUT2D eigenvalue weighted by atomic mass is 9.97. The number of hydrogen-bond acceptors (Lipinski definition) is 2. The molecule has 0 aliphatic rings. The molecule has 112 valence electrons. The zero-order chi connectivity index (χ0) is 15.4. The molecule has 2 aromatic rings. The van der Waals surface area contributed by atoms with Crippen molar-refractivity contribution in [2.45, 2.75) is 13.0 Å². The summed E-state index contributed by atoms with van der Waals surface area (Å²) < 4.78 is 46.7. The van der Waals surface area contributed by atoms with E-state index < -0.39 is 23.5 Å². The molecule has 0 amide bonds. The van der Waals surface area contributed by atoms with Crippen LogP contribution < -0.4 is 10.1 Å². The standard InChI is InChI=1S/C16H16F3NO/c1-3-20-16(10-6-4-8-12(17)14(10)18)11-7-5-9-13(21-2)15(11)19/h4-9,16,20H,3H2,1-2H3. The van der Waals surface area contributed by atoms with E-state index in [1.807, 2.05) is 6.92 Å². The Bertz CT molecular complexity index is 631. The number of nitrogens with one attached hydrogen (secondary N) is 1. The van der Waals surface area contributed by atoms with E-state index in [1.54, 1.807) is 6.07 Å². The molecule has 0 saturated carbocycles. The van der Waals surface area contributed by atoms with Gasteiger partial charge in [-0.05, 0) is 18.7 Å². The van der Waals surface area contributed by atoms with Gasteiger partial charge in [-0.3, -0.25) is 0 Å². The Morgan fingerprint density at radius 3 is 2.24 bits per heavy atom. The van der Waals surface area contributed by atoms with E-state index in [9.17, 15) is 13.2 Å². The maximum atomic E-state index is 14.4. The van der Waals surface area contributed by atoms with Crippen LogP contribution in [0, 0.1) is 17.5 Å². The minimum absolute atomic E-state index is 0.0593. The second-order valence-corrected chi connectivity index (χ2v) is 4.50. The van der Waals surface area contributed by atoms with Crippen LogP contribution in [0.1, 0.15) is 24.1 Å². The number of halogens is 3. The SMILES string of the molecule is CCNC(c1cccc(F)c1F)c1cccc(OC)c1F. The van der Waals surface area contributed by atoms with Crippen LogP contribution in [0.5, 0.6) is 5.75 Å². The predicted molar refractivity (Wildman–Crippen MR) is 74.8 cm³/mol. The van der Waals surface area contributed by atoms with Crippen LogP contribution in [0.15, 0.2) is 36.4 Å². The lowest BCUT2D eigenvalue weighted by molar-refractivity contribution is 0.381. The Morgan fingerprint density at radius 1 is 1.00 bits per heavy atom. The second kappa shape index (κ2) is 6.63. The van der Waals surface area contributed by atoms with E-state index in [2.05, 4.69) is 5.32 Å². The number of hydrogen-bond donors (Lipinski definition) is 1. The Kier molecular flexibility index (Phi) is 4.85. The first-order valence-electron chi connectivity index (χ1n) is 6.59. The van der Waals surface area contributed by atoms with Crippen molar-refractivity contribution in [1.82, 2.24) is 5.32 Å². The second-order valence-electron chi connectivity index (χ2n) is 4.50. The first-order valence-corrected chi connectivity index (χ1v) is 6.59. The van der Waals surface area contributed by atoms with Gasteiger partial charge in [0.25, 0.3) is 0 Å². The van der Waals surface area contributed by atoms with Gasteiger partial charge in [0.05, 0.1) is 13.2 Å². The first kappa shape index (κ1) is 15.4. The van der Waals surface area contributed by atoms with Crippen LogP contribution in [0.25, 0.3) is 0 Å². The van der Waals surface area contributed by atoms with Crippen LogP contribution in [-0.2, 0) is 0 Å². The highest BCUT2D eigenvalue weighted by atomic mass is 19.2. The molecule has 21 heavy (non-hydrogen) atoms. The summed E-state index contributed by atoms with van der Waals surface area (Å²) in [7, 11) is 1.35. The molecule has 2 nitrogen and oxygen atoms in total. The van der Waals surface area contributed by atoms with Gasteiger partial charge in [0.1, 0.15) is 0 Å². The van der Waals surface area contributed by atoms with Gasteiger partial charge in [-0.25, -0.2) is 13.2 Å². The molecule has 0 fully saturated rings. The van der Waals surface area contributed by atoms with Gasteiger partial charge in [0, 0.05) is 11.1 Å². The number of ether oxygens (including phenoxy) is 1. The minimum Gasteiger partial charge on any atom is -0.494 e. The van der Waals surface area contributed by atoms with Crippen molar-refractivity contribution < 1.29 is 17.9 Å². The molecular formula is C16H16F3NO. The third-order valence-electron chi connectivity index (χ3n) is 3.22. The first-order chi connectivity index (χ1) is 10.1. The highest BCUT2D eigenvalue weighted by Crippen LogP contribution is 2.31. The zero-order valence-electron chi connectivity index (χ0n) is 11.8. The summed E-state index contributed by atoms with van der Waals surface area (Å²) >= 11 is 0. The summed E-state index contributed by atoms with van der Waals surface area (Å²) in [5, 5.41) is 2.97. The van der Waals surface area contributed by atoms with Gasteiger partial charge >= 0.3 is 0 Å². The van der Waals surface area contributed by atoms with Crippen LogP contribution in [0.4, 0.5) is 13.2 Å². The van der Waals surface area contributed by atoms with Gasteiger partial charge in [0.2, 0.25) is 0 Å². The third-order valence-corrected chi connectivity index (χ3v) is 3.22. The highest BCUT2D eigenvalue weighted by molar-refractivity contribution is 5.39. The molecule has 1 unspecified atom stereocenters. The molecule has 0 bridgehead atoms. The van der Waals surface area contributed by atoms with Crippen molar-refractivity contribution in [2.75, 3.05) is 13.7 Å². The van der Waals surface area contributed by atoms with Gasteiger partial charge in [0.15, 0.2) is 23.2 Å². The van der Waals surface area contributed by atoms with Crippen molar-refractivity contribution >= 4 is 0 Å².